The van der Waals surface area contributed by atoms with Crippen molar-refractivity contribution in [1.29, 1.82) is 0 Å². The van der Waals surface area contributed by atoms with Crippen LogP contribution in [0.3, 0.4) is 0 Å². The van der Waals surface area contributed by atoms with Crippen LogP contribution in [0.25, 0.3) is 0 Å². The summed E-state index contributed by atoms with van der Waals surface area (Å²) in [5, 5.41) is 3.44. The van der Waals surface area contributed by atoms with Crippen LogP contribution in [0, 0.1) is 11.3 Å². The number of hydrogen-bond acceptors (Lipinski definition) is 8. The second kappa shape index (κ2) is 11.0. The number of carbonyl (C=O) groups excluding carboxylic acids is 3. The van der Waals surface area contributed by atoms with E-state index in [-0.39, 0.29) is 40.5 Å². The van der Waals surface area contributed by atoms with Crippen LogP contribution in [0.15, 0.2) is 59.1 Å². The molecule has 6 rings (SSSR count). The summed E-state index contributed by atoms with van der Waals surface area (Å²) in [4.78, 5) is 47.2. The van der Waals surface area contributed by atoms with Gasteiger partial charge in [0.25, 0.3) is 0 Å². The van der Waals surface area contributed by atoms with Crippen molar-refractivity contribution in [2.24, 2.45) is 16.3 Å². The van der Waals surface area contributed by atoms with Crippen LogP contribution < -0.4 is 10.1 Å². The highest BCUT2D eigenvalue weighted by Crippen LogP contribution is 2.46. The molecule has 2 aromatic carbocycles. The maximum absolute atomic E-state index is 13.9. The van der Waals surface area contributed by atoms with Crippen LogP contribution in [-0.2, 0) is 9.53 Å². The van der Waals surface area contributed by atoms with Crippen molar-refractivity contribution in [1.82, 2.24) is 4.90 Å². The lowest BCUT2D eigenvalue weighted by Crippen LogP contribution is -2.41. The first-order chi connectivity index (χ1) is 20.2. The minimum atomic E-state index is -0.377. The number of anilines is 1. The number of piperidine rings is 1. The third-order valence-corrected chi connectivity index (χ3v) is 8.42. The van der Waals surface area contributed by atoms with E-state index in [0.29, 0.717) is 65.8 Å². The van der Waals surface area contributed by atoms with Crippen LogP contribution in [0.1, 0.15) is 72.4 Å². The molecule has 2 atom stereocenters. The highest BCUT2D eigenvalue weighted by molar-refractivity contribution is 6.32. The fourth-order valence-electron chi connectivity index (χ4n) is 6.19. The SMILES string of the molecule is CCOC(=O)[C@H]1CCCN(CCNc2cc3c(c4c2C(=O)c2ccccc2C4=O)N=C2C=CC(C(C)(C)C)=CC2O3)C1. The van der Waals surface area contributed by atoms with E-state index in [2.05, 4.69) is 37.1 Å². The molecule has 0 radical (unpaired) electrons. The van der Waals surface area contributed by atoms with Gasteiger partial charge in [0.15, 0.2) is 17.7 Å². The second-order valence-corrected chi connectivity index (χ2v) is 12.3. The Morgan fingerprint density at radius 3 is 2.57 bits per heavy atom. The number of carbonyl (C=O) groups is 3. The minimum absolute atomic E-state index is 0.0545. The molecule has 4 aliphatic rings. The largest absolute Gasteiger partial charge is 0.478 e. The Bertz CT molecular complexity index is 1560. The predicted octanol–water partition coefficient (Wildman–Crippen LogP) is 5.52. The summed E-state index contributed by atoms with van der Waals surface area (Å²) in [5.41, 5.74) is 4.14. The molecular weight excluding hydrogens is 530 g/mol. The summed E-state index contributed by atoms with van der Waals surface area (Å²) in [6, 6.07) is 8.75. The molecule has 2 aliphatic heterocycles. The molecule has 0 amide bonds. The van der Waals surface area contributed by atoms with Crippen LogP contribution in [0.4, 0.5) is 11.4 Å². The first-order valence-electron chi connectivity index (χ1n) is 14.8. The molecule has 0 aromatic heterocycles. The van der Waals surface area contributed by atoms with Crippen molar-refractivity contribution in [3.05, 3.63) is 76.4 Å². The normalized spacial score (nSPS) is 21.2. The molecule has 42 heavy (non-hydrogen) atoms. The number of rotatable bonds is 6. The number of nitrogens with zero attached hydrogens (tertiary/aromatic N) is 2. The van der Waals surface area contributed by atoms with Gasteiger partial charge < -0.3 is 19.7 Å². The summed E-state index contributed by atoms with van der Waals surface area (Å²) in [7, 11) is 0. The summed E-state index contributed by atoms with van der Waals surface area (Å²) < 4.78 is 11.7. The zero-order valence-electron chi connectivity index (χ0n) is 24.7. The number of fused-ring (bicyclic) bond motifs is 5. The number of ketones is 2. The molecule has 2 aliphatic carbocycles. The van der Waals surface area contributed by atoms with Gasteiger partial charge in [-0.1, -0.05) is 51.1 Å². The molecule has 8 heteroatoms. The zero-order chi connectivity index (χ0) is 29.6. The van der Waals surface area contributed by atoms with E-state index in [1.165, 1.54) is 0 Å². The van der Waals surface area contributed by atoms with Crippen molar-refractivity contribution < 1.29 is 23.9 Å². The number of allylic oxidation sites excluding steroid dienone is 2. The van der Waals surface area contributed by atoms with Gasteiger partial charge in [-0.15, -0.1) is 0 Å². The average Bonchev–Trinajstić information content (AvgIpc) is 2.98. The van der Waals surface area contributed by atoms with Gasteiger partial charge >= 0.3 is 5.97 Å². The molecule has 0 bridgehead atoms. The van der Waals surface area contributed by atoms with Crippen LogP contribution in [0.5, 0.6) is 5.75 Å². The standard InChI is InChI=1S/C34H37N3O5/c1-5-41-33(40)20-9-8-15-37(19-20)16-14-35-25-18-27-30(36-24-13-12-21(34(2,3)4)17-26(24)42-27)29-28(25)31(38)22-10-6-7-11-23(22)32(29)39/h6-7,10-13,17-18,20,26,35H,5,8-9,14-16,19H2,1-4H3/t20-,26?/m0/s1. The number of ether oxygens (including phenoxy) is 2. The molecule has 0 spiro atoms. The molecule has 8 nitrogen and oxygen atoms in total. The Hall–Kier alpha value is -4.04. The van der Waals surface area contributed by atoms with Crippen molar-refractivity contribution in [2.75, 3.05) is 38.1 Å². The Morgan fingerprint density at radius 2 is 1.86 bits per heavy atom. The van der Waals surface area contributed by atoms with Gasteiger partial charge in [0.05, 0.1) is 29.4 Å². The van der Waals surface area contributed by atoms with Crippen molar-refractivity contribution in [3.63, 3.8) is 0 Å². The summed E-state index contributed by atoms with van der Waals surface area (Å²) in [5.74, 6) is -0.222. The summed E-state index contributed by atoms with van der Waals surface area (Å²) in [6.45, 7) is 11.4. The molecule has 2 aromatic rings. The molecule has 1 N–H and O–H groups in total. The maximum Gasteiger partial charge on any atom is 0.310 e. The Balaban J connectivity index is 1.33. The summed E-state index contributed by atoms with van der Waals surface area (Å²) in [6.07, 6.45) is 7.44. The third-order valence-electron chi connectivity index (χ3n) is 8.42. The van der Waals surface area contributed by atoms with Gasteiger partial charge in [0.2, 0.25) is 0 Å². The van der Waals surface area contributed by atoms with Crippen molar-refractivity contribution in [2.45, 2.75) is 46.6 Å². The lowest BCUT2D eigenvalue weighted by molar-refractivity contribution is -0.149. The predicted molar refractivity (Wildman–Crippen MR) is 162 cm³/mol. The fraction of sp³-hybridized carbons (Fsp3) is 0.412. The minimum Gasteiger partial charge on any atom is -0.478 e. The highest BCUT2D eigenvalue weighted by Gasteiger charge is 2.38. The first kappa shape index (κ1) is 28.1. The van der Waals surface area contributed by atoms with E-state index in [0.717, 1.165) is 25.0 Å². The molecule has 2 heterocycles. The van der Waals surface area contributed by atoms with Crippen LogP contribution >= 0.6 is 0 Å². The van der Waals surface area contributed by atoms with Gasteiger partial charge in [0.1, 0.15) is 11.4 Å². The molecule has 0 saturated carbocycles. The van der Waals surface area contributed by atoms with E-state index in [4.69, 9.17) is 14.5 Å². The number of aliphatic imine (C=N–C) groups is 1. The lowest BCUT2D eigenvalue weighted by atomic mass is 9.81. The van der Waals surface area contributed by atoms with Gasteiger partial charge in [-0.2, -0.15) is 0 Å². The Kier molecular flexibility index (Phi) is 7.35. The van der Waals surface area contributed by atoms with Gasteiger partial charge in [-0.25, -0.2) is 4.99 Å². The van der Waals surface area contributed by atoms with E-state index < -0.39 is 0 Å². The summed E-state index contributed by atoms with van der Waals surface area (Å²) >= 11 is 0. The number of hydrogen-bond donors (Lipinski definition) is 1. The number of likely N-dealkylation sites (tertiary alicyclic amines) is 1. The van der Waals surface area contributed by atoms with Gasteiger partial charge in [-0.3, -0.25) is 14.4 Å². The third kappa shape index (κ3) is 5.09. The number of benzene rings is 2. The second-order valence-electron chi connectivity index (χ2n) is 12.3. The van der Waals surface area contributed by atoms with Crippen LogP contribution in [0.2, 0.25) is 0 Å². The van der Waals surface area contributed by atoms with Crippen molar-refractivity contribution in [3.8, 4) is 5.75 Å². The number of nitrogens with one attached hydrogen (secondary N) is 1. The van der Waals surface area contributed by atoms with E-state index in [1.54, 1.807) is 24.3 Å². The Labute approximate surface area is 246 Å². The van der Waals surface area contributed by atoms with E-state index >= 15 is 0 Å². The van der Waals surface area contributed by atoms with Crippen LogP contribution in [-0.4, -0.2) is 67.0 Å². The zero-order valence-corrected chi connectivity index (χ0v) is 24.7. The maximum atomic E-state index is 13.9. The fourth-order valence-corrected chi connectivity index (χ4v) is 6.19. The Morgan fingerprint density at radius 1 is 1.12 bits per heavy atom. The first-order valence-corrected chi connectivity index (χ1v) is 14.8. The topological polar surface area (TPSA) is 97.3 Å². The molecule has 1 fully saturated rings. The monoisotopic (exact) mass is 567 g/mol. The molecule has 1 unspecified atom stereocenters. The highest BCUT2D eigenvalue weighted by atomic mass is 16.5. The smallest absolute Gasteiger partial charge is 0.310 e. The van der Waals surface area contributed by atoms with E-state index in [1.807, 2.05) is 25.1 Å². The average molecular weight is 568 g/mol. The van der Waals surface area contributed by atoms with Gasteiger partial charge in [-0.05, 0) is 49.5 Å². The lowest BCUT2D eigenvalue weighted by Gasteiger charge is -2.33. The van der Waals surface area contributed by atoms with Gasteiger partial charge in [0, 0.05) is 42.5 Å². The molecule has 1 saturated heterocycles. The molecular formula is C34H37N3O5. The molecule has 218 valence electrons. The van der Waals surface area contributed by atoms with Crippen molar-refractivity contribution >= 4 is 34.6 Å². The van der Waals surface area contributed by atoms with E-state index in [9.17, 15) is 14.4 Å². The quantitative estimate of drug-likeness (QED) is 0.392. The number of esters is 1.